The van der Waals surface area contributed by atoms with Crippen molar-refractivity contribution in [2.75, 3.05) is 46.8 Å². The number of hydrogen-bond acceptors (Lipinski definition) is 8. The number of benzene rings is 3. The molecule has 0 heterocycles. The van der Waals surface area contributed by atoms with Crippen molar-refractivity contribution in [3.8, 4) is 28.0 Å². The van der Waals surface area contributed by atoms with E-state index in [1.807, 2.05) is 0 Å². The van der Waals surface area contributed by atoms with Crippen LogP contribution in [-0.2, 0) is 43.1 Å². The van der Waals surface area contributed by atoms with Gasteiger partial charge in [-0.3, -0.25) is 0 Å². The van der Waals surface area contributed by atoms with E-state index in [2.05, 4.69) is 81.6 Å². The molecule has 0 unspecified atom stereocenters. The van der Waals surface area contributed by atoms with Crippen molar-refractivity contribution in [2.45, 2.75) is 130 Å². The fraction of sp³-hybridized carbons (Fsp3) is 0.547. The minimum Gasteiger partial charge on any atom is -0.493 e. The summed E-state index contributed by atoms with van der Waals surface area (Å²) in [5, 5.41) is 20.6. The number of rotatable bonds is 27. The SMILES string of the molecule is C=C(C)C(=O)OCCCc1cc(-c2ccc(-c3ccc(C4CCC(CCCCC)CC4)cc3)cc2CC)cc(CCCOC(=O)C(=C)C)c1OCCC(CO)(CO)CCOC. The van der Waals surface area contributed by atoms with E-state index in [0.717, 1.165) is 40.3 Å². The molecule has 0 radical (unpaired) electrons. The highest BCUT2D eigenvalue weighted by atomic mass is 16.5. The molecule has 3 aromatic rings. The van der Waals surface area contributed by atoms with Crippen LogP contribution in [0.4, 0.5) is 0 Å². The van der Waals surface area contributed by atoms with Gasteiger partial charge in [-0.05, 0) is 153 Å². The third kappa shape index (κ3) is 15.0. The average Bonchev–Trinajstić information content (AvgIpc) is 3.28. The van der Waals surface area contributed by atoms with E-state index in [0.29, 0.717) is 62.2 Å². The Morgan fingerprint density at radius 3 is 1.77 bits per heavy atom. The first kappa shape index (κ1) is 49.4. The smallest absolute Gasteiger partial charge is 0.333 e. The van der Waals surface area contributed by atoms with Gasteiger partial charge in [0.05, 0.1) is 33.0 Å². The summed E-state index contributed by atoms with van der Waals surface area (Å²) < 4.78 is 22.9. The number of methoxy groups -OCH3 is 1. The lowest BCUT2D eigenvalue weighted by Crippen LogP contribution is -2.33. The molecule has 0 bridgehead atoms. The van der Waals surface area contributed by atoms with Crippen LogP contribution in [0.3, 0.4) is 0 Å². The van der Waals surface area contributed by atoms with Crippen LogP contribution in [0, 0.1) is 11.3 Å². The lowest BCUT2D eigenvalue weighted by molar-refractivity contribution is -0.139. The summed E-state index contributed by atoms with van der Waals surface area (Å²) in [6.07, 6.45) is 14.7. The van der Waals surface area contributed by atoms with Gasteiger partial charge < -0.3 is 29.2 Å². The quantitative estimate of drug-likeness (QED) is 0.0443. The molecule has 0 amide bonds. The lowest BCUT2D eigenvalue weighted by Gasteiger charge is -2.30. The Labute approximate surface area is 366 Å². The minimum absolute atomic E-state index is 0.197. The number of unbranched alkanes of at least 4 members (excludes halogenated alkanes) is 2. The lowest BCUT2D eigenvalue weighted by atomic mass is 9.77. The zero-order chi connectivity index (χ0) is 44.2. The summed E-state index contributed by atoms with van der Waals surface area (Å²) in [4.78, 5) is 24.4. The molecule has 2 N–H and O–H groups in total. The fourth-order valence-corrected chi connectivity index (χ4v) is 8.51. The van der Waals surface area contributed by atoms with Crippen molar-refractivity contribution >= 4 is 11.9 Å². The molecular weight excluding hydrogens is 765 g/mol. The molecular formula is C53H74O8. The highest BCUT2D eigenvalue weighted by molar-refractivity contribution is 5.87. The molecule has 1 saturated carbocycles. The van der Waals surface area contributed by atoms with Crippen molar-refractivity contribution in [3.05, 3.63) is 101 Å². The summed E-state index contributed by atoms with van der Waals surface area (Å²) in [7, 11) is 1.60. The Morgan fingerprint density at radius 2 is 1.25 bits per heavy atom. The van der Waals surface area contributed by atoms with E-state index in [1.165, 1.54) is 73.6 Å². The Hall–Kier alpha value is -4.24. The number of carbonyl (C=O) groups is 2. The molecule has 334 valence electrons. The molecule has 0 spiro atoms. The predicted molar refractivity (Wildman–Crippen MR) is 247 cm³/mol. The molecule has 1 fully saturated rings. The first-order valence-corrected chi connectivity index (χ1v) is 22.9. The highest BCUT2D eigenvalue weighted by Crippen LogP contribution is 2.40. The largest absolute Gasteiger partial charge is 0.493 e. The topological polar surface area (TPSA) is 112 Å². The maximum atomic E-state index is 12.2. The molecule has 4 rings (SSSR count). The van der Waals surface area contributed by atoms with Crippen LogP contribution in [0.5, 0.6) is 5.75 Å². The Morgan fingerprint density at radius 1 is 0.689 bits per heavy atom. The first-order valence-electron chi connectivity index (χ1n) is 22.9. The molecule has 0 atom stereocenters. The number of aryl methyl sites for hydroxylation is 3. The number of aliphatic hydroxyl groups excluding tert-OH is 2. The minimum atomic E-state index is -0.755. The molecule has 0 aliphatic heterocycles. The zero-order valence-electron chi connectivity index (χ0n) is 38.0. The Balaban J connectivity index is 1.65. The number of esters is 2. The summed E-state index contributed by atoms with van der Waals surface area (Å²) in [6, 6.07) is 20.4. The second-order valence-corrected chi connectivity index (χ2v) is 17.4. The first-order chi connectivity index (χ1) is 29.5. The number of aliphatic hydroxyl groups is 2. The number of hydrogen-bond donors (Lipinski definition) is 2. The summed E-state index contributed by atoms with van der Waals surface area (Å²) in [5.41, 5.74) is 9.16. The zero-order valence-corrected chi connectivity index (χ0v) is 38.0. The molecule has 1 aliphatic carbocycles. The molecule has 0 aromatic heterocycles. The van der Waals surface area contributed by atoms with Gasteiger partial charge in [-0.15, -0.1) is 0 Å². The number of carbonyl (C=O) groups excluding carboxylic acids is 2. The van der Waals surface area contributed by atoms with Crippen LogP contribution in [0.25, 0.3) is 22.3 Å². The second kappa shape index (κ2) is 25.6. The van der Waals surface area contributed by atoms with Crippen LogP contribution in [-0.4, -0.2) is 68.9 Å². The Kier molecular flexibility index (Phi) is 20.8. The third-order valence-corrected chi connectivity index (χ3v) is 12.5. The van der Waals surface area contributed by atoms with Gasteiger partial charge in [0.2, 0.25) is 0 Å². The van der Waals surface area contributed by atoms with Gasteiger partial charge >= 0.3 is 11.9 Å². The molecule has 61 heavy (non-hydrogen) atoms. The fourth-order valence-electron chi connectivity index (χ4n) is 8.51. The van der Waals surface area contributed by atoms with Gasteiger partial charge in [-0.25, -0.2) is 9.59 Å². The molecule has 8 nitrogen and oxygen atoms in total. The summed E-state index contributed by atoms with van der Waals surface area (Å²) >= 11 is 0. The van der Waals surface area contributed by atoms with E-state index < -0.39 is 17.4 Å². The van der Waals surface area contributed by atoms with Crippen molar-refractivity contribution in [3.63, 3.8) is 0 Å². The van der Waals surface area contributed by atoms with Crippen molar-refractivity contribution in [1.29, 1.82) is 0 Å². The van der Waals surface area contributed by atoms with Crippen LogP contribution in [0.15, 0.2) is 78.9 Å². The molecule has 3 aromatic carbocycles. The van der Waals surface area contributed by atoms with Crippen LogP contribution >= 0.6 is 0 Å². The van der Waals surface area contributed by atoms with Gasteiger partial charge in [-0.2, -0.15) is 0 Å². The van der Waals surface area contributed by atoms with Crippen LogP contribution < -0.4 is 4.74 Å². The monoisotopic (exact) mass is 839 g/mol. The van der Waals surface area contributed by atoms with Crippen molar-refractivity contribution in [2.24, 2.45) is 11.3 Å². The number of ether oxygens (including phenoxy) is 4. The van der Waals surface area contributed by atoms with Crippen LogP contribution in [0.1, 0.15) is 133 Å². The summed E-state index contributed by atoms with van der Waals surface area (Å²) in [5.74, 6) is 1.44. The molecule has 0 saturated heterocycles. The average molecular weight is 839 g/mol. The van der Waals surface area contributed by atoms with E-state index in [-0.39, 0.29) is 33.0 Å². The van der Waals surface area contributed by atoms with E-state index >= 15 is 0 Å². The standard InChI is InChI=1S/C53H74O8/c1-8-10-11-14-40-17-19-42(20-18-40)43-21-23-44(24-22-43)45-25-26-49(41(9-2)33-45)48-34-46(15-12-29-60-51(56)38(3)4)50(47(35-48)16-13-30-61-52(57)39(5)6)59-32-28-53(36-54,37-55)27-31-58-7/h21-26,33-35,40,42,54-55H,3,5,8-20,27-32,36-37H2,1-2,4,6-7H3. The van der Waals surface area contributed by atoms with Gasteiger partial charge in [0.15, 0.2) is 0 Å². The molecule has 1 aliphatic rings. The van der Waals surface area contributed by atoms with Gasteiger partial charge in [-0.1, -0.05) is 95.2 Å². The van der Waals surface area contributed by atoms with E-state index in [1.54, 1.807) is 21.0 Å². The normalized spacial score (nSPS) is 15.3. The van der Waals surface area contributed by atoms with Gasteiger partial charge in [0.25, 0.3) is 0 Å². The maximum absolute atomic E-state index is 12.2. The summed E-state index contributed by atoms with van der Waals surface area (Å²) in [6.45, 7) is 15.9. The van der Waals surface area contributed by atoms with Crippen molar-refractivity contribution in [1.82, 2.24) is 0 Å². The van der Waals surface area contributed by atoms with Gasteiger partial charge in [0, 0.05) is 30.3 Å². The van der Waals surface area contributed by atoms with Crippen molar-refractivity contribution < 1.29 is 38.7 Å². The predicted octanol–water partition coefficient (Wildman–Crippen LogP) is 11.3. The highest BCUT2D eigenvalue weighted by Gasteiger charge is 2.29. The maximum Gasteiger partial charge on any atom is 0.333 e. The van der Waals surface area contributed by atoms with E-state index in [9.17, 15) is 19.8 Å². The van der Waals surface area contributed by atoms with E-state index in [4.69, 9.17) is 18.9 Å². The third-order valence-electron chi connectivity index (χ3n) is 12.5. The Bertz CT molecular complexity index is 1790. The second-order valence-electron chi connectivity index (χ2n) is 17.4. The van der Waals surface area contributed by atoms with Crippen LogP contribution in [0.2, 0.25) is 0 Å². The van der Waals surface area contributed by atoms with Gasteiger partial charge in [0.1, 0.15) is 5.75 Å². The molecule has 8 heteroatoms.